The van der Waals surface area contributed by atoms with Crippen molar-refractivity contribution < 1.29 is 37.4 Å². The molecule has 6 rings (SSSR count). The number of para-hydroxylation sites is 3. The SMILES string of the molecule is CC(C)OC(=O)[C@@H](C)N[P@@](=O)(OC[C@H]1O[C@@H](c2ccnc3c2CNc2ccccc2N3)[C@@H]2OC(C)(C)O[C@@H]21)Oc1ccccc1. The van der Waals surface area contributed by atoms with Crippen LogP contribution in [-0.4, -0.2) is 53.8 Å². The third-order valence-corrected chi connectivity index (χ3v) is 9.26. The highest BCUT2D eigenvalue weighted by molar-refractivity contribution is 7.52. The van der Waals surface area contributed by atoms with E-state index in [1.807, 2.05) is 50.2 Å². The molecule has 1 aromatic heterocycles. The smallest absolute Gasteiger partial charge is 0.459 e. The minimum atomic E-state index is -4.12. The Labute approximate surface area is 262 Å². The Morgan fingerprint density at radius 2 is 1.76 bits per heavy atom. The van der Waals surface area contributed by atoms with Crippen LogP contribution in [0.15, 0.2) is 66.9 Å². The van der Waals surface area contributed by atoms with E-state index in [4.69, 9.17) is 28.0 Å². The van der Waals surface area contributed by atoms with Crippen molar-refractivity contribution in [1.29, 1.82) is 0 Å². The Balaban J connectivity index is 1.24. The normalized spacial score (nSPS) is 25.0. The lowest BCUT2D eigenvalue weighted by atomic mass is 9.98. The third kappa shape index (κ3) is 7.01. The second-order valence-electron chi connectivity index (χ2n) is 11.9. The summed E-state index contributed by atoms with van der Waals surface area (Å²) in [5.41, 5.74) is 3.71. The van der Waals surface area contributed by atoms with Crippen molar-refractivity contribution in [2.45, 2.75) is 83.5 Å². The molecule has 0 unspecified atom stereocenters. The number of nitrogens with zero attached hydrogens (tertiary/aromatic N) is 1. The van der Waals surface area contributed by atoms with Crippen LogP contribution in [0.1, 0.15) is 51.8 Å². The van der Waals surface area contributed by atoms with E-state index in [-0.39, 0.29) is 12.7 Å². The van der Waals surface area contributed by atoms with Gasteiger partial charge in [0.1, 0.15) is 42.0 Å². The first kappa shape index (κ1) is 31.5. The molecular weight excluding hydrogens is 599 g/mol. The fraction of sp³-hybridized carbons (Fsp3) is 0.438. The Kier molecular flexibility index (Phi) is 8.89. The maximum Gasteiger partial charge on any atom is 0.459 e. The van der Waals surface area contributed by atoms with Gasteiger partial charge in [0, 0.05) is 18.3 Å². The van der Waals surface area contributed by atoms with Crippen LogP contribution in [0, 0.1) is 0 Å². The number of aromatic nitrogens is 1. The first-order valence-electron chi connectivity index (χ1n) is 15.1. The molecule has 3 N–H and O–H groups in total. The molecule has 3 aliphatic rings. The lowest BCUT2D eigenvalue weighted by Gasteiger charge is -2.27. The summed E-state index contributed by atoms with van der Waals surface area (Å²) in [6.45, 7) is 9.06. The number of anilines is 3. The number of pyridine rings is 1. The zero-order valence-electron chi connectivity index (χ0n) is 25.9. The number of ether oxygens (including phenoxy) is 4. The molecule has 2 fully saturated rings. The molecule has 13 heteroatoms. The Morgan fingerprint density at radius 3 is 2.51 bits per heavy atom. The van der Waals surface area contributed by atoms with Gasteiger partial charge < -0.3 is 34.1 Å². The van der Waals surface area contributed by atoms with E-state index in [1.165, 1.54) is 0 Å². The van der Waals surface area contributed by atoms with Gasteiger partial charge in [-0.25, -0.2) is 9.55 Å². The monoisotopic (exact) mass is 638 g/mol. The first-order valence-corrected chi connectivity index (χ1v) is 16.6. The van der Waals surface area contributed by atoms with Gasteiger partial charge in [-0.05, 0) is 70.5 Å². The van der Waals surface area contributed by atoms with Crippen LogP contribution >= 0.6 is 7.75 Å². The van der Waals surface area contributed by atoms with E-state index in [1.54, 1.807) is 51.2 Å². The fourth-order valence-corrected chi connectivity index (χ4v) is 7.20. The van der Waals surface area contributed by atoms with E-state index in [0.29, 0.717) is 12.3 Å². The van der Waals surface area contributed by atoms with Crippen LogP contribution in [0.25, 0.3) is 0 Å². The summed E-state index contributed by atoms with van der Waals surface area (Å²) in [5, 5.41) is 9.65. The summed E-state index contributed by atoms with van der Waals surface area (Å²) in [6, 6.07) is 17.5. The standard InChI is InChI=1S/C32H39N4O8P/c1-19(2)40-31(37)20(3)36-45(38,44-21-11-7-6-8-12-21)39-18-26-28-29(43-32(4,5)42-28)27(41-26)22-15-16-33-30-23(22)17-34-24-13-9-10-14-25(24)35-30/h6-16,19-20,26-29,34H,17-18H2,1-5H3,(H,33,35)(H,36,38)/t20-,26-,27+,28-,29+,45-/m1/s1. The van der Waals surface area contributed by atoms with Crippen LogP contribution in [0.2, 0.25) is 0 Å². The van der Waals surface area contributed by atoms with Crippen LogP contribution in [0.4, 0.5) is 17.2 Å². The van der Waals surface area contributed by atoms with Gasteiger partial charge in [-0.3, -0.25) is 9.32 Å². The van der Waals surface area contributed by atoms with E-state index in [0.717, 1.165) is 28.3 Å². The van der Waals surface area contributed by atoms with Gasteiger partial charge in [-0.2, -0.15) is 5.09 Å². The molecule has 240 valence electrons. The second kappa shape index (κ2) is 12.7. The highest BCUT2D eigenvalue weighted by Crippen LogP contribution is 2.50. The number of hydrogen-bond donors (Lipinski definition) is 3. The third-order valence-electron chi connectivity index (χ3n) is 7.62. The van der Waals surface area contributed by atoms with E-state index in [2.05, 4.69) is 20.7 Å². The number of benzene rings is 2. The van der Waals surface area contributed by atoms with Gasteiger partial charge in [0.25, 0.3) is 0 Å². The Hall–Kier alpha value is -3.51. The lowest BCUT2D eigenvalue weighted by molar-refractivity contribution is -0.190. The van der Waals surface area contributed by atoms with E-state index in [9.17, 15) is 9.36 Å². The number of nitrogens with one attached hydrogen (secondary N) is 3. The van der Waals surface area contributed by atoms with Crippen molar-refractivity contribution in [3.05, 3.63) is 78.0 Å². The van der Waals surface area contributed by atoms with Gasteiger partial charge in [-0.15, -0.1) is 0 Å². The predicted molar refractivity (Wildman–Crippen MR) is 167 cm³/mol. The summed E-state index contributed by atoms with van der Waals surface area (Å²) in [6.07, 6.45) is -0.833. The second-order valence-corrected chi connectivity index (χ2v) is 13.6. The Bertz CT molecular complexity index is 1570. The summed E-state index contributed by atoms with van der Waals surface area (Å²) < 4.78 is 50.5. The minimum absolute atomic E-state index is 0.171. The van der Waals surface area contributed by atoms with Gasteiger partial charge >= 0.3 is 13.7 Å². The molecule has 0 amide bonds. The van der Waals surface area contributed by atoms with Crippen LogP contribution in [0.5, 0.6) is 5.75 Å². The summed E-state index contributed by atoms with van der Waals surface area (Å²) in [7, 11) is -4.12. The quantitative estimate of drug-likeness (QED) is 0.182. The number of esters is 1. The summed E-state index contributed by atoms with van der Waals surface area (Å²) >= 11 is 0. The zero-order chi connectivity index (χ0) is 31.8. The van der Waals surface area contributed by atoms with Gasteiger partial charge in [0.2, 0.25) is 0 Å². The number of hydrogen-bond acceptors (Lipinski definition) is 11. The number of fused-ring (bicyclic) bond motifs is 3. The molecule has 45 heavy (non-hydrogen) atoms. The van der Waals surface area contributed by atoms with Crippen molar-refractivity contribution >= 4 is 30.9 Å². The summed E-state index contributed by atoms with van der Waals surface area (Å²) in [4.78, 5) is 17.2. The highest BCUT2D eigenvalue weighted by atomic mass is 31.2. The van der Waals surface area contributed by atoms with Gasteiger partial charge in [0.15, 0.2) is 5.79 Å². The average Bonchev–Trinajstić information content (AvgIpc) is 3.40. The van der Waals surface area contributed by atoms with Crippen molar-refractivity contribution in [1.82, 2.24) is 10.1 Å². The maximum atomic E-state index is 14.1. The Morgan fingerprint density at radius 1 is 1.04 bits per heavy atom. The lowest BCUT2D eigenvalue weighted by Crippen LogP contribution is -2.38. The highest BCUT2D eigenvalue weighted by Gasteiger charge is 2.56. The molecule has 4 heterocycles. The predicted octanol–water partition coefficient (Wildman–Crippen LogP) is 5.84. The molecule has 0 radical (unpaired) electrons. The van der Waals surface area contributed by atoms with Crippen molar-refractivity contribution in [3.8, 4) is 5.75 Å². The molecule has 12 nitrogen and oxygen atoms in total. The van der Waals surface area contributed by atoms with Gasteiger partial charge in [-0.1, -0.05) is 30.3 Å². The van der Waals surface area contributed by atoms with Crippen molar-refractivity contribution in [2.75, 3.05) is 17.2 Å². The van der Waals surface area contributed by atoms with Crippen molar-refractivity contribution in [2.24, 2.45) is 0 Å². The van der Waals surface area contributed by atoms with Crippen LogP contribution < -0.4 is 20.2 Å². The first-order chi connectivity index (χ1) is 21.5. The molecule has 0 aliphatic carbocycles. The molecule has 3 aliphatic heterocycles. The number of rotatable bonds is 10. The molecule has 0 spiro atoms. The van der Waals surface area contributed by atoms with Crippen molar-refractivity contribution in [3.63, 3.8) is 0 Å². The average molecular weight is 639 g/mol. The fourth-order valence-electron chi connectivity index (χ4n) is 5.70. The zero-order valence-corrected chi connectivity index (χ0v) is 26.8. The molecule has 3 aromatic rings. The summed E-state index contributed by atoms with van der Waals surface area (Å²) in [5.74, 6) is -0.443. The number of carbonyl (C=O) groups is 1. The molecule has 0 bridgehead atoms. The molecule has 2 saturated heterocycles. The van der Waals surface area contributed by atoms with Crippen LogP contribution in [-0.2, 0) is 39.4 Å². The van der Waals surface area contributed by atoms with E-state index >= 15 is 0 Å². The van der Waals surface area contributed by atoms with E-state index < -0.39 is 50.0 Å². The molecule has 6 atom stereocenters. The minimum Gasteiger partial charge on any atom is -0.462 e. The van der Waals surface area contributed by atoms with Gasteiger partial charge in [0.05, 0.1) is 24.1 Å². The largest absolute Gasteiger partial charge is 0.462 e. The maximum absolute atomic E-state index is 14.1. The molecule has 0 saturated carbocycles. The van der Waals surface area contributed by atoms with Crippen LogP contribution in [0.3, 0.4) is 0 Å². The number of carbonyl (C=O) groups excluding carboxylic acids is 1. The molecule has 2 aromatic carbocycles. The molecular formula is C32H39N4O8P. The topological polar surface area (TPSA) is 138 Å².